The summed E-state index contributed by atoms with van der Waals surface area (Å²) in [6, 6.07) is 12.9. The number of benzene rings is 2. The van der Waals surface area contributed by atoms with Gasteiger partial charge in [-0.2, -0.15) is 0 Å². The molecular weight excluding hydrogens is 366 g/mol. The predicted molar refractivity (Wildman–Crippen MR) is 107 cm³/mol. The van der Waals surface area contributed by atoms with Gasteiger partial charge in [0.15, 0.2) is 0 Å². The number of halogens is 1. The lowest BCUT2D eigenvalue weighted by Gasteiger charge is -2.12. The lowest BCUT2D eigenvalue weighted by atomic mass is 10.1. The number of para-hydroxylation sites is 1. The number of carbonyl (C=O) groups is 2. The van der Waals surface area contributed by atoms with Gasteiger partial charge in [-0.05, 0) is 38.1 Å². The molecule has 1 aromatic heterocycles. The van der Waals surface area contributed by atoms with Gasteiger partial charge in [-0.15, -0.1) is 0 Å². The smallest absolute Gasteiger partial charge is 0.256 e. The zero-order valence-electron chi connectivity index (χ0n) is 14.8. The summed E-state index contributed by atoms with van der Waals surface area (Å²) < 4.78 is 0. The van der Waals surface area contributed by atoms with Gasteiger partial charge >= 0.3 is 0 Å². The molecule has 0 radical (unpaired) electrons. The van der Waals surface area contributed by atoms with Gasteiger partial charge in [0.25, 0.3) is 11.8 Å². The van der Waals surface area contributed by atoms with Crippen molar-refractivity contribution in [3.8, 4) is 0 Å². The maximum Gasteiger partial charge on any atom is 0.256 e. The highest BCUT2D eigenvalue weighted by Gasteiger charge is 2.15. The summed E-state index contributed by atoms with van der Waals surface area (Å²) in [7, 11) is 0. The lowest BCUT2D eigenvalue weighted by molar-refractivity contribution is 0.0942. The van der Waals surface area contributed by atoms with Gasteiger partial charge in [-0.1, -0.05) is 29.8 Å². The van der Waals surface area contributed by atoms with Crippen molar-refractivity contribution in [2.45, 2.75) is 19.9 Å². The first-order chi connectivity index (χ1) is 12.8. The normalized spacial score (nSPS) is 10.8. The van der Waals surface area contributed by atoms with Crippen LogP contribution in [-0.4, -0.2) is 22.8 Å². The van der Waals surface area contributed by atoms with Crippen molar-refractivity contribution in [2.24, 2.45) is 0 Å². The molecule has 0 spiro atoms. The average molecular weight is 384 g/mol. The Morgan fingerprint density at radius 3 is 2.52 bits per heavy atom. The molecule has 27 heavy (non-hydrogen) atoms. The second-order valence-electron chi connectivity index (χ2n) is 6.37. The van der Waals surface area contributed by atoms with Crippen LogP contribution in [0.4, 0.5) is 5.69 Å². The van der Waals surface area contributed by atoms with Crippen LogP contribution >= 0.6 is 11.6 Å². The van der Waals surface area contributed by atoms with Crippen LogP contribution in [0, 0.1) is 0 Å². The zero-order valence-corrected chi connectivity index (χ0v) is 15.6. The van der Waals surface area contributed by atoms with Crippen molar-refractivity contribution in [3.63, 3.8) is 0 Å². The standard InChI is InChI=1S/C20H18ClN3O3/c1-11(2)22-19(26)12-7-8-15(21)17(9-12)24-20(27)14-10-18(25)23-16-6-4-3-5-13(14)16/h3-11H,1-2H3,(H,22,26)(H,23,25)(H,24,27). The molecule has 0 aliphatic heterocycles. The molecule has 0 fully saturated rings. The molecule has 0 aliphatic rings. The molecule has 3 aromatic rings. The molecule has 138 valence electrons. The maximum absolute atomic E-state index is 12.8. The van der Waals surface area contributed by atoms with Crippen LogP contribution in [-0.2, 0) is 0 Å². The van der Waals surface area contributed by atoms with Crippen molar-refractivity contribution in [1.29, 1.82) is 0 Å². The van der Waals surface area contributed by atoms with Crippen LogP contribution in [0.3, 0.4) is 0 Å². The van der Waals surface area contributed by atoms with E-state index in [1.54, 1.807) is 36.4 Å². The van der Waals surface area contributed by atoms with E-state index in [0.717, 1.165) is 0 Å². The Labute approximate surface area is 160 Å². The number of aromatic nitrogens is 1. The van der Waals surface area contributed by atoms with E-state index in [9.17, 15) is 14.4 Å². The summed E-state index contributed by atoms with van der Waals surface area (Å²) in [5.41, 5.74) is 1.07. The predicted octanol–water partition coefficient (Wildman–Crippen LogP) is 3.57. The molecule has 2 aromatic carbocycles. The molecule has 2 amide bonds. The first-order valence-electron chi connectivity index (χ1n) is 8.39. The molecular formula is C20H18ClN3O3. The number of anilines is 1. The van der Waals surface area contributed by atoms with E-state index in [-0.39, 0.29) is 23.1 Å². The maximum atomic E-state index is 12.8. The van der Waals surface area contributed by atoms with E-state index >= 15 is 0 Å². The average Bonchev–Trinajstić information content (AvgIpc) is 2.62. The van der Waals surface area contributed by atoms with Crippen molar-refractivity contribution in [1.82, 2.24) is 10.3 Å². The quantitative estimate of drug-likeness (QED) is 0.643. The molecule has 6 nitrogen and oxygen atoms in total. The largest absolute Gasteiger partial charge is 0.350 e. The van der Waals surface area contributed by atoms with Gasteiger partial charge < -0.3 is 15.6 Å². The summed E-state index contributed by atoms with van der Waals surface area (Å²) >= 11 is 6.17. The summed E-state index contributed by atoms with van der Waals surface area (Å²) in [6.07, 6.45) is 0. The number of fused-ring (bicyclic) bond motifs is 1. The fourth-order valence-electron chi connectivity index (χ4n) is 2.69. The molecule has 0 saturated heterocycles. The molecule has 0 atom stereocenters. The van der Waals surface area contributed by atoms with Crippen molar-refractivity contribution in [3.05, 3.63) is 75.0 Å². The molecule has 3 rings (SSSR count). The van der Waals surface area contributed by atoms with E-state index in [0.29, 0.717) is 27.2 Å². The Morgan fingerprint density at radius 2 is 1.78 bits per heavy atom. The van der Waals surface area contributed by atoms with E-state index in [1.165, 1.54) is 12.1 Å². The van der Waals surface area contributed by atoms with Gasteiger partial charge in [0.1, 0.15) is 0 Å². The first kappa shape index (κ1) is 18.7. The topological polar surface area (TPSA) is 91.1 Å². The Morgan fingerprint density at radius 1 is 1.04 bits per heavy atom. The van der Waals surface area contributed by atoms with Crippen molar-refractivity contribution >= 4 is 40.0 Å². The highest BCUT2D eigenvalue weighted by molar-refractivity contribution is 6.34. The van der Waals surface area contributed by atoms with Crippen LogP contribution in [0.2, 0.25) is 5.02 Å². The highest BCUT2D eigenvalue weighted by atomic mass is 35.5. The number of H-pyrrole nitrogens is 1. The van der Waals surface area contributed by atoms with Crippen molar-refractivity contribution in [2.75, 3.05) is 5.32 Å². The number of nitrogens with one attached hydrogen (secondary N) is 3. The fourth-order valence-corrected chi connectivity index (χ4v) is 2.85. The third-order valence-electron chi connectivity index (χ3n) is 3.89. The Hall–Kier alpha value is -3.12. The van der Waals surface area contributed by atoms with E-state index in [4.69, 9.17) is 11.6 Å². The molecule has 3 N–H and O–H groups in total. The van der Waals surface area contributed by atoms with E-state index in [2.05, 4.69) is 15.6 Å². The third kappa shape index (κ3) is 4.17. The molecule has 0 bridgehead atoms. The minimum absolute atomic E-state index is 0.0198. The molecule has 7 heteroatoms. The summed E-state index contributed by atoms with van der Waals surface area (Å²) in [5.74, 6) is -0.751. The number of aromatic amines is 1. The van der Waals surface area contributed by atoms with Crippen LogP contribution in [0.5, 0.6) is 0 Å². The summed E-state index contributed by atoms with van der Waals surface area (Å²) in [5, 5.41) is 6.37. The van der Waals surface area contributed by atoms with Gasteiger partial charge in [0.05, 0.1) is 16.3 Å². The number of rotatable bonds is 4. The molecule has 0 aliphatic carbocycles. The van der Waals surface area contributed by atoms with Gasteiger partial charge in [-0.3, -0.25) is 14.4 Å². The number of carbonyl (C=O) groups excluding carboxylic acids is 2. The molecule has 0 unspecified atom stereocenters. The fraction of sp³-hybridized carbons (Fsp3) is 0.150. The van der Waals surface area contributed by atoms with Crippen LogP contribution < -0.4 is 16.2 Å². The van der Waals surface area contributed by atoms with Crippen molar-refractivity contribution < 1.29 is 9.59 Å². The minimum atomic E-state index is -0.486. The SMILES string of the molecule is CC(C)NC(=O)c1ccc(Cl)c(NC(=O)c2cc(=O)[nH]c3ccccc23)c1. The highest BCUT2D eigenvalue weighted by Crippen LogP contribution is 2.25. The van der Waals surface area contributed by atoms with Gasteiger partial charge in [0.2, 0.25) is 5.56 Å². The van der Waals surface area contributed by atoms with Crippen LogP contribution in [0.15, 0.2) is 53.3 Å². The van der Waals surface area contributed by atoms with E-state index in [1.807, 2.05) is 13.8 Å². The number of amides is 2. The van der Waals surface area contributed by atoms with E-state index < -0.39 is 5.91 Å². The summed E-state index contributed by atoms with van der Waals surface area (Å²) in [6.45, 7) is 3.71. The second kappa shape index (κ2) is 7.63. The van der Waals surface area contributed by atoms with Crippen LogP contribution in [0.25, 0.3) is 10.9 Å². The van der Waals surface area contributed by atoms with Gasteiger partial charge in [0, 0.05) is 28.6 Å². The monoisotopic (exact) mass is 383 g/mol. The number of pyridine rings is 1. The lowest BCUT2D eigenvalue weighted by Crippen LogP contribution is -2.30. The van der Waals surface area contributed by atoms with Crippen LogP contribution in [0.1, 0.15) is 34.6 Å². The molecule has 0 saturated carbocycles. The second-order valence-corrected chi connectivity index (χ2v) is 6.78. The molecule has 1 heterocycles. The zero-order chi connectivity index (χ0) is 19.6. The Bertz CT molecular complexity index is 1090. The number of hydrogen-bond donors (Lipinski definition) is 3. The minimum Gasteiger partial charge on any atom is -0.350 e. The summed E-state index contributed by atoms with van der Waals surface area (Å²) in [4.78, 5) is 39.5. The Balaban J connectivity index is 1.95. The Kier molecular flexibility index (Phi) is 5.28. The first-order valence-corrected chi connectivity index (χ1v) is 8.77. The number of hydrogen-bond acceptors (Lipinski definition) is 3. The van der Waals surface area contributed by atoms with Gasteiger partial charge in [-0.25, -0.2) is 0 Å². The third-order valence-corrected chi connectivity index (χ3v) is 4.22.